The van der Waals surface area contributed by atoms with Crippen molar-refractivity contribution in [3.63, 3.8) is 0 Å². The number of nitrogens with two attached hydrogens (primary N) is 1. The number of hydrogen-bond donors (Lipinski definition) is 1. The minimum atomic E-state index is -0.393. The molecule has 0 unspecified atom stereocenters. The molecule has 14 heavy (non-hydrogen) atoms. The van der Waals surface area contributed by atoms with Crippen LogP contribution in [0.3, 0.4) is 0 Å². The van der Waals surface area contributed by atoms with Gasteiger partial charge in [0.2, 0.25) is 0 Å². The zero-order valence-electron chi connectivity index (χ0n) is 7.93. The number of para-hydroxylation sites is 1. The standard InChI is InChI=1S/C10H12N2O2/c1-8(7-11)6-9-4-2-3-5-10(9)12(13)14/h2-6H,7,11H2,1H3. The summed E-state index contributed by atoms with van der Waals surface area (Å²) in [6.07, 6.45) is 1.73. The molecule has 2 N–H and O–H groups in total. The molecule has 0 saturated heterocycles. The van der Waals surface area contributed by atoms with Crippen molar-refractivity contribution < 1.29 is 4.92 Å². The molecule has 0 radical (unpaired) electrons. The molecular weight excluding hydrogens is 180 g/mol. The Hall–Kier alpha value is -1.68. The van der Waals surface area contributed by atoms with Gasteiger partial charge < -0.3 is 5.73 Å². The van der Waals surface area contributed by atoms with E-state index in [1.807, 2.05) is 6.92 Å². The van der Waals surface area contributed by atoms with Crippen LogP contribution >= 0.6 is 0 Å². The third-order valence-corrected chi connectivity index (χ3v) is 1.86. The molecule has 0 bridgehead atoms. The largest absolute Gasteiger partial charge is 0.327 e. The molecule has 0 aliphatic carbocycles. The van der Waals surface area contributed by atoms with Crippen molar-refractivity contribution in [2.24, 2.45) is 5.73 Å². The highest BCUT2D eigenvalue weighted by atomic mass is 16.6. The lowest BCUT2D eigenvalue weighted by atomic mass is 10.1. The van der Waals surface area contributed by atoms with E-state index in [0.29, 0.717) is 12.1 Å². The highest BCUT2D eigenvalue weighted by molar-refractivity contribution is 5.62. The molecule has 0 aromatic heterocycles. The molecule has 0 aliphatic heterocycles. The van der Waals surface area contributed by atoms with Crippen LogP contribution in [0.2, 0.25) is 0 Å². The summed E-state index contributed by atoms with van der Waals surface area (Å²) >= 11 is 0. The molecule has 0 amide bonds. The average molecular weight is 192 g/mol. The van der Waals surface area contributed by atoms with Gasteiger partial charge in [0.1, 0.15) is 0 Å². The van der Waals surface area contributed by atoms with Gasteiger partial charge in [0.15, 0.2) is 0 Å². The summed E-state index contributed by atoms with van der Waals surface area (Å²) in [5.41, 5.74) is 7.03. The molecule has 0 saturated carbocycles. The summed E-state index contributed by atoms with van der Waals surface area (Å²) in [7, 11) is 0. The monoisotopic (exact) mass is 192 g/mol. The first kappa shape index (κ1) is 10.4. The topological polar surface area (TPSA) is 69.2 Å². The van der Waals surface area contributed by atoms with E-state index in [9.17, 15) is 10.1 Å². The van der Waals surface area contributed by atoms with E-state index in [-0.39, 0.29) is 5.69 Å². The smallest absolute Gasteiger partial charge is 0.276 e. The molecule has 1 rings (SSSR count). The van der Waals surface area contributed by atoms with E-state index in [1.54, 1.807) is 24.3 Å². The Labute approximate surface area is 82.2 Å². The zero-order valence-corrected chi connectivity index (χ0v) is 7.93. The van der Waals surface area contributed by atoms with Crippen LogP contribution in [0, 0.1) is 10.1 Å². The Bertz CT molecular complexity index is 372. The quantitative estimate of drug-likeness (QED) is 0.587. The van der Waals surface area contributed by atoms with Crippen molar-refractivity contribution in [2.45, 2.75) is 6.92 Å². The van der Waals surface area contributed by atoms with Gasteiger partial charge in [-0.25, -0.2) is 0 Å². The molecule has 1 aromatic rings. The minimum Gasteiger partial charge on any atom is -0.327 e. The summed E-state index contributed by atoms with van der Waals surface area (Å²) in [5.74, 6) is 0. The second kappa shape index (κ2) is 4.53. The van der Waals surface area contributed by atoms with Crippen LogP contribution in [0.15, 0.2) is 29.8 Å². The fourth-order valence-corrected chi connectivity index (χ4v) is 1.10. The summed E-state index contributed by atoms with van der Waals surface area (Å²) < 4.78 is 0. The molecule has 4 nitrogen and oxygen atoms in total. The maximum Gasteiger partial charge on any atom is 0.276 e. The van der Waals surface area contributed by atoms with E-state index in [2.05, 4.69) is 0 Å². The minimum absolute atomic E-state index is 0.111. The predicted molar refractivity (Wildman–Crippen MR) is 55.8 cm³/mol. The lowest BCUT2D eigenvalue weighted by Crippen LogP contribution is -2.00. The Morgan fingerprint density at radius 1 is 1.57 bits per heavy atom. The highest BCUT2D eigenvalue weighted by Gasteiger charge is 2.09. The molecule has 0 heterocycles. The second-order valence-electron chi connectivity index (χ2n) is 3.01. The Balaban J connectivity index is 3.14. The van der Waals surface area contributed by atoms with Gasteiger partial charge in [-0.05, 0) is 19.1 Å². The van der Waals surface area contributed by atoms with Crippen molar-refractivity contribution in [3.8, 4) is 0 Å². The van der Waals surface area contributed by atoms with Crippen molar-refractivity contribution in [1.82, 2.24) is 0 Å². The Morgan fingerprint density at radius 2 is 2.21 bits per heavy atom. The summed E-state index contributed by atoms with van der Waals surface area (Å²) in [6.45, 7) is 2.25. The van der Waals surface area contributed by atoms with Gasteiger partial charge in [-0.15, -0.1) is 0 Å². The van der Waals surface area contributed by atoms with Crippen molar-refractivity contribution in [1.29, 1.82) is 0 Å². The third-order valence-electron chi connectivity index (χ3n) is 1.86. The predicted octanol–water partition coefficient (Wildman–Crippen LogP) is 1.96. The van der Waals surface area contributed by atoms with Crippen LogP contribution in [-0.2, 0) is 0 Å². The van der Waals surface area contributed by atoms with Gasteiger partial charge in [0, 0.05) is 12.6 Å². The normalized spacial score (nSPS) is 11.4. The van der Waals surface area contributed by atoms with Gasteiger partial charge in [0.05, 0.1) is 10.5 Å². The summed E-state index contributed by atoms with van der Waals surface area (Å²) in [4.78, 5) is 10.2. The van der Waals surface area contributed by atoms with Crippen LogP contribution in [0.25, 0.3) is 6.08 Å². The van der Waals surface area contributed by atoms with E-state index in [1.165, 1.54) is 6.07 Å². The first-order valence-electron chi connectivity index (χ1n) is 4.26. The second-order valence-corrected chi connectivity index (χ2v) is 3.01. The highest BCUT2D eigenvalue weighted by Crippen LogP contribution is 2.19. The average Bonchev–Trinajstić information content (AvgIpc) is 2.18. The van der Waals surface area contributed by atoms with Crippen LogP contribution in [0.5, 0.6) is 0 Å². The fraction of sp³-hybridized carbons (Fsp3) is 0.200. The van der Waals surface area contributed by atoms with Crippen LogP contribution < -0.4 is 5.73 Å². The Kier molecular flexibility index (Phi) is 3.36. The molecule has 1 aromatic carbocycles. The first-order valence-corrected chi connectivity index (χ1v) is 4.26. The lowest BCUT2D eigenvalue weighted by molar-refractivity contribution is -0.385. The van der Waals surface area contributed by atoms with Gasteiger partial charge in [-0.3, -0.25) is 10.1 Å². The lowest BCUT2D eigenvalue weighted by Gasteiger charge is -1.98. The molecule has 0 aliphatic rings. The van der Waals surface area contributed by atoms with E-state index < -0.39 is 4.92 Å². The molecule has 74 valence electrons. The maximum absolute atomic E-state index is 10.6. The molecular formula is C10H12N2O2. The van der Waals surface area contributed by atoms with Crippen molar-refractivity contribution >= 4 is 11.8 Å². The number of nitrogens with zero attached hydrogens (tertiary/aromatic N) is 1. The van der Waals surface area contributed by atoms with Crippen LogP contribution in [0.1, 0.15) is 12.5 Å². The first-order chi connectivity index (χ1) is 6.65. The number of rotatable bonds is 3. The van der Waals surface area contributed by atoms with Gasteiger partial charge in [-0.1, -0.05) is 17.7 Å². The Morgan fingerprint density at radius 3 is 2.79 bits per heavy atom. The van der Waals surface area contributed by atoms with Crippen molar-refractivity contribution in [3.05, 3.63) is 45.5 Å². The number of nitro benzene ring substituents is 1. The van der Waals surface area contributed by atoms with Crippen molar-refractivity contribution in [2.75, 3.05) is 6.54 Å². The molecule has 0 atom stereocenters. The third kappa shape index (κ3) is 2.40. The van der Waals surface area contributed by atoms with Crippen LogP contribution in [-0.4, -0.2) is 11.5 Å². The van der Waals surface area contributed by atoms with Gasteiger partial charge in [-0.2, -0.15) is 0 Å². The van der Waals surface area contributed by atoms with E-state index in [4.69, 9.17) is 5.73 Å². The zero-order chi connectivity index (χ0) is 10.6. The number of benzene rings is 1. The van der Waals surface area contributed by atoms with E-state index in [0.717, 1.165) is 5.57 Å². The molecule has 0 fully saturated rings. The SMILES string of the molecule is CC(=Cc1ccccc1[N+](=O)[O-])CN. The van der Waals surface area contributed by atoms with Gasteiger partial charge in [0.25, 0.3) is 5.69 Å². The molecule has 0 spiro atoms. The van der Waals surface area contributed by atoms with E-state index >= 15 is 0 Å². The van der Waals surface area contributed by atoms with Crippen LogP contribution in [0.4, 0.5) is 5.69 Å². The summed E-state index contributed by atoms with van der Waals surface area (Å²) in [6, 6.07) is 6.60. The number of hydrogen-bond acceptors (Lipinski definition) is 3. The fourth-order valence-electron chi connectivity index (χ4n) is 1.10. The summed E-state index contributed by atoms with van der Waals surface area (Å²) in [5, 5.41) is 10.6. The van der Waals surface area contributed by atoms with Gasteiger partial charge >= 0.3 is 0 Å². The maximum atomic E-state index is 10.6. The molecule has 4 heteroatoms. The number of nitro groups is 1.